The minimum Gasteiger partial charge on any atom is -0.343 e. The molecule has 1 aromatic carbocycles. The van der Waals surface area contributed by atoms with Crippen LogP contribution in [-0.4, -0.2) is 53.6 Å². The molecule has 0 radical (unpaired) electrons. The molecule has 2 heterocycles. The van der Waals surface area contributed by atoms with E-state index in [1.807, 2.05) is 0 Å². The number of rotatable bonds is 6. The van der Waals surface area contributed by atoms with Gasteiger partial charge in [0.05, 0.1) is 5.56 Å². The first-order valence-electron chi connectivity index (χ1n) is 10.0. The van der Waals surface area contributed by atoms with Gasteiger partial charge in [0, 0.05) is 50.5 Å². The maximum Gasteiger partial charge on any atom is 0.416 e. The first kappa shape index (κ1) is 21.3. The molecule has 0 saturated carbocycles. The zero-order valence-electron chi connectivity index (χ0n) is 16.2. The molecule has 2 aliphatic rings. The zero-order valence-corrected chi connectivity index (χ0v) is 16.2. The van der Waals surface area contributed by atoms with Crippen molar-refractivity contribution in [1.29, 1.82) is 0 Å². The number of ketones is 1. The Bertz CT molecular complexity index is 779. The van der Waals surface area contributed by atoms with E-state index in [2.05, 4.69) is 0 Å². The summed E-state index contributed by atoms with van der Waals surface area (Å²) in [5.41, 5.74) is -0.810. The molecule has 0 N–H and O–H groups in total. The van der Waals surface area contributed by atoms with Gasteiger partial charge in [-0.05, 0) is 37.8 Å². The molecule has 8 heteroatoms. The summed E-state index contributed by atoms with van der Waals surface area (Å²) in [7, 11) is 0. The monoisotopic (exact) mass is 410 g/mol. The van der Waals surface area contributed by atoms with Crippen LogP contribution in [-0.2, 0) is 15.8 Å². The summed E-state index contributed by atoms with van der Waals surface area (Å²) < 4.78 is 38.7. The number of alkyl halides is 3. The summed E-state index contributed by atoms with van der Waals surface area (Å²) in [6.07, 6.45) is -0.992. The van der Waals surface area contributed by atoms with Crippen molar-refractivity contribution in [3.8, 4) is 0 Å². The Morgan fingerprint density at radius 3 is 2.62 bits per heavy atom. The number of carbonyl (C=O) groups excluding carboxylic acids is 3. The van der Waals surface area contributed by atoms with Crippen molar-refractivity contribution in [2.75, 3.05) is 26.2 Å². The van der Waals surface area contributed by atoms with Crippen LogP contribution >= 0.6 is 0 Å². The lowest BCUT2D eigenvalue weighted by Gasteiger charge is -2.32. The molecule has 0 aliphatic carbocycles. The number of carbonyl (C=O) groups is 3. The Kier molecular flexibility index (Phi) is 6.59. The van der Waals surface area contributed by atoms with Crippen molar-refractivity contribution in [3.05, 3.63) is 35.4 Å². The molecule has 29 heavy (non-hydrogen) atoms. The summed E-state index contributed by atoms with van der Waals surface area (Å²) in [6.45, 7) is 2.08. The van der Waals surface area contributed by atoms with E-state index in [4.69, 9.17) is 0 Å². The summed E-state index contributed by atoms with van der Waals surface area (Å²) in [6, 6.07) is 4.46. The Balaban J connectivity index is 1.55. The van der Waals surface area contributed by atoms with Crippen molar-refractivity contribution < 1.29 is 27.6 Å². The third kappa shape index (κ3) is 5.36. The van der Waals surface area contributed by atoms with Gasteiger partial charge >= 0.3 is 6.18 Å². The molecule has 5 nitrogen and oxygen atoms in total. The average Bonchev–Trinajstić information content (AvgIpc) is 3.11. The predicted octanol–water partition coefficient (Wildman–Crippen LogP) is 3.53. The fourth-order valence-corrected chi connectivity index (χ4v) is 4.02. The largest absolute Gasteiger partial charge is 0.416 e. The highest BCUT2D eigenvalue weighted by molar-refractivity contribution is 5.98. The SMILES string of the molecule is O=C(c1cccc(C(F)(F)F)c1)[C@@H]1CCCN(C(=O)CCCN2CCCC2=O)C1. The molecule has 0 unspecified atom stereocenters. The average molecular weight is 410 g/mol. The number of piperidine rings is 1. The maximum atomic E-state index is 12.9. The van der Waals surface area contributed by atoms with Gasteiger partial charge in [-0.2, -0.15) is 13.2 Å². The van der Waals surface area contributed by atoms with Crippen LogP contribution in [0.25, 0.3) is 0 Å². The number of nitrogens with zero attached hydrogens (tertiary/aromatic N) is 2. The molecule has 1 aromatic rings. The minimum atomic E-state index is -4.50. The molecular formula is C21H25F3N2O3. The van der Waals surface area contributed by atoms with Crippen molar-refractivity contribution in [3.63, 3.8) is 0 Å². The van der Waals surface area contributed by atoms with Crippen LogP contribution in [0.4, 0.5) is 13.2 Å². The minimum absolute atomic E-state index is 0.0340. The maximum absolute atomic E-state index is 12.9. The molecular weight excluding hydrogens is 385 g/mol. The van der Waals surface area contributed by atoms with Gasteiger partial charge in [0.1, 0.15) is 0 Å². The quantitative estimate of drug-likeness (QED) is 0.675. The van der Waals surface area contributed by atoms with E-state index in [1.165, 1.54) is 12.1 Å². The van der Waals surface area contributed by atoms with Gasteiger partial charge in [-0.15, -0.1) is 0 Å². The number of halogens is 3. The Hall–Kier alpha value is -2.38. The first-order valence-corrected chi connectivity index (χ1v) is 10.0. The molecule has 2 aliphatic heterocycles. The van der Waals surface area contributed by atoms with Gasteiger partial charge < -0.3 is 9.80 Å². The summed E-state index contributed by atoms with van der Waals surface area (Å²) in [4.78, 5) is 40.2. The Morgan fingerprint density at radius 1 is 1.14 bits per heavy atom. The second kappa shape index (κ2) is 8.97. The standard InChI is InChI=1S/C21H25F3N2O3/c22-21(23,24)17-7-1-5-15(13-17)20(29)16-6-2-12-26(14-16)19(28)9-4-11-25-10-3-8-18(25)27/h1,5,7,13,16H,2-4,6,8-12,14H2/t16-/m1/s1. The van der Waals surface area contributed by atoms with Crippen LogP contribution in [0.5, 0.6) is 0 Å². The Morgan fingerprint density at radius 2 is 1.93 bits per heavy atom. The predicted molar refractivity (Wildman–Crippen MR) is 100 cm³/mol. The van der Waals surface area contributed by atoms with Crippen molar-refractivity contribution >= 4 is 17.6 Å². The first-order chi connectivity index (χ1) is 13.8. The van der Waals surface area contributed by atoms with Crippen LogP contribution in [0.1, 0.15) is 54.4 Å². The zero-order chi connectivity index (χ0) is 21.0. The van der Waals surface area contributed by atoms with Gasteiger partial charge in [-0.3, -0.25) is 14.4 Å². The normalized spacial score (nSPS) is 20.2. The molecule has 2 fully saturated rings. The molecule has 158 valence electrons. The Labute approximate surface area is 167 Å². The second-order valence-electron chi connectivity index (χ2n) is 7.71. The van der Waals surface area contributed by atoms with E-state index in [0.29, 0.717) is 45.2 Å². The van der Waals surface area contributed by atoms with Crippen molar-refractivity contribution in [2.45, 2.75) is 44.7 Å². The fourth-order valence-electron chi connectivity index (χ4n) is 4.02. The van der Waals surface area contributed by atoms with E-state index in [0.717, 1.165) is 25.1 Å². The molecule has 0 aromatic heterocycles. The van der Waals surface area contributed by atoms with Gasteiger partial charge in [-0.1, -0.05) is 12.1 Å². The summed E-state index contributed by atoms with van der Waals surface area (Å²) in [5, 5.41) is 0. The lowest BCUT2D eigenvalue weighted by atomic mass is 9.89. The molecule has 1 atom stereocenters. The topological polar surface area (TPSA) is 57.7 Å². The van der Waals surface area contributed by atoms with Crippen LogP contribution in [0.15, 0.2) is 24.3 Å². The summed E-state index contributed by atoms with van der Waals surface area (Å²) in [5.74, 6) is -0.784. The van der Waals surface area contributed by atoms with Gasteiger partial charge in [0.25, 0.3) is 0 Å². The highest BCUT2D eigenvalue weighted by atomic mass is 19.4. The van der Waals surface area contributed by atoms with Crippen molar-refractivity contribution in [2.24, 2.45) is 5.92 Å². The van der Waals surface area contributed by atoms with Gasteiger partial charge in [0.15, 0.2) is 5.78 Å². The van der Waals surface area contributed by atoms with E-state index in [1.54, 1.807) is 9.80 Å². The van der Waals surface area contributed by atoms with Crippen LogP contribution in [0, 0.1) is 5.92 Å². The number of benzene rings is 1. The van der Waals surface area contributed by atoms with Gasteiger partial charge in [0.2, 0.25) is 11.8 Å². The third-order valence-corrected chi connectivity index (χ3v) is 5.61. The number of Topliss-reactive ketones (excluding diaryl/α,β-unsaturated/α-hetero) is 1. The second-order valence-corrected chi connectivity index (χ2v) is 7.71. The van der Waals surface area contributed by atoms with E-state index < -0.39 is 17.7 Å². The lowest BCUT2D eigenvalue weighted by molar-refractivity contribution is -0.137. The third-order valence-electron chi connectivity index (χ3n) is 5.61. The highest BCUT2D eigenvalue weighted by Gasteiger charge is 2.33. The fraction of sp³-hybridized carbons (Fsp3) is 0.571. The number of likely N-dealkylation sites (tertiary alicyclic amines) is 2. The van der Waals surface area contributed by atoms with Crippen LogP contribution in [0.2, 0.25) is 0 Å². The number of hydrogen-bond donors (Lipinski definition) is 0. The van der Waals surface area contributed by atoms with Crippen molar-refractivity contribution in [1.82, 2.24) is 9.80 Å². The number of hydrogen-bond acceptors (Lipinski definition) is 3. The molecule has 2 saturated heterocycles. The lowest BCUT2D eigenvalue weighted by Crippen LogP contribution is -2.42. The highest BCUT2D eigenvalue weighted by Crippen LogP contribution is 2.31. The molecule has 0 bridgehead atoms. The number of amides is 2. The van der Waals surface area contributed by atoms with Gasteiger partial charge in [-0.25, -0.2) is 0 Å². The summed E-state index contributed by atoms with van der Waals surface area (Å²) >= 11 is 0. The molecule has 3 rings (SSSR count). The van der Waals surface area contributed by atoms with E-state index in [9.17, 15) is 27.6 Å². The molecule has 0 spiro atoms. The van der Waals surface area contributed by atoms with E-state index >= 15 is 0 Å². The van der Waals surface area contributed by atoms with Crippen LogP contribution in [0.3, 0.4) is 0 Å². The smallest absolute Gasteiger partial charge is 0.343 e. The van der Waals surface area contributed by atoms with Crippen LogP contribution < -0.4 is 0 Å². The van der Waals surface area contributed by atoms with E-state index in [-0.39, 0.29) is 29.7 Å². The molecule has 2 amide bonds.